The highest BCUT2D eigenvalue weighted by Crippen LogP contribution is 1.98. The predicted molar refractivity (Wildman–Crippen MR) is 50.3 cm³/mol. The number of carbonyl (C=O) groups excluding carboxylic acids is 1. The van der Waals surface area contributed by atoms with E-state index in [0.29, 0.717) is 12.8 Å². The Morgan fingerprint density at radius 2 is 2.33 bits per heavy atom. The fraction of sp³-hybridized carbons (Fsp3) is 0.875. The Labute approximate surface area is 77.5 Å². The molecule has 0 heterocycles. The smallest absolute Gasteiger partial charge is 0.306 e. The molecule has 72 valence electrons. The third kappa shape index (κ3) is 6.49. The van der Waals surface area contributed by atoms with Crippen LogP contribution in [0.25, 0.3) is 0 Å². The normalized spacial score (nSPS) is 12.6. The summed E-state index contributed by atoms with van der Waals surface area (Å²) in [5.41, 5.74) is 0. The largest absolute Gasteiger partial charge is 0.463 e. The molecule has 0 aliphatic rings. The first-order valence-corrected chi connectivity index (χ1v) is 5.42. The second-order valence-electron chi connectivity index (χ2n) is 2.49. The Bertz CT molecular complexity index is 127. The van der Waals surface area contributed by atoms with E-state index in [1.54, 1.807) is 11.8 Å². The molecule has 4 heteroatoms. The van der Waals surface area contributed by atoms with Gasteiger partial charge in [0.25, 0.3) is 0 Å². The highest BCUT2D eigenvalue weighted by atomic mass is 32.2. The summed E-state index contributed by atoms with van der Waals surface area (Å²) in [7, 11) is 0. The van der Waals surface area contributed by atoms with Crippen molar-refractivity contribution in [3.8, 4) is 0 Å². The molecule has 0 saturated carbocycles. The van der Waals surface area contributed by atoms with Gasteiger partial charge in [0.2, 0.25) is 0 Å². The van der Waals surface area contributed by atoms with E-state index >= 15 is 0 Å². The zero-order valence-electron chi connectivity index (χ0n) is 7.58. The highest BCUT2D eigenvalue weighted by Gasteiger charge is 2.05. The molecule has 3 nitrogen and oxygen atoms in total. The Kier molecular flexibility index (Phi) is 7.29. The first kappa shape index (κ1) is 11.8. The van der Waals surface area contributed by atoms with Crippen molar-refractivity contribution in [3.63, 3.8) is 0 Å². The lowest BCUT2D eigenvalue weighted by atomic mass is 10.3. The number of ether oxygens (including phenoxy) is 1. The fourth-order valence-corrected chi connectivity index (χ4v) is 0.935. The third-order valence-corrected chi connectivity index (χ3v) is 2.03. The summed E-state index contributed by atoms with van der Waals surface area (Å²) in [5.74, 6) is 0.554. The van der Waals surface area contributed by atoms with Gasteiger partial charge in [-0.05, 0) is 12.7 Å². The maximum atomic E-state index is 10.9. The van der Waals surface area contributed by atoms with Gasteiger partial charge in [-0.3, -0.25) is 4.79 Å². The lowest BCUT2D eigenvalue weighted by Crippen LogP contribution is -2.17. The number of aliphatic hydroxyl groups excluding tert-OH is 1. The molecule has 0 aromatic carbocycles. The molecule has 0 aromatic heterocycles. The molecule has 0 aliphatic carbocycles. The first-order chi connectivity index (χ1) is 5.70. The topological polar surface area (TPSA) is 46.5 Å². The summed E-state index contributed by atoms with van der Waals surface area (Å²) in [5, 5.41) is 9.05. The molecular formula is C8H16O3S. The van der Waals surface area contributed by atoms with E-state index in [-0.39, 0.29) is 12.6 Å². The van der Waals surface area contributed by atoms with Crippen LogP contribution < -0.4 is 0 Å². The van der Waals surface area contributed by atoms with Gasteiger partial charge in [0.05, 0.1) is 12.5 Å². The van der Waals surface area contributed by atoms with Crippen molar-refractivity contribution < 1.29 is 14.6 Å². The van der Waals surface area contributed by atoms with Crippen LogP contribution in [0.4, 0.5) is 0 Å². The van der Waals surface area contributed by atoms with Crippen LogP contribution in [0.5, 0.6) is 0 Å². The van der Waals surface area contributed by atoms with Gasteiger partial charge in [-0.1, -0.05) is 6.92 Å². The van der Waals surface area contributed by atoms with Gasteiger partial charge >= 0.3 is 5.97 Å². The maximum absolute atomic E-state index is 10.9. The Balaban J connectivity index is 3.31. The Morgan fingerprint density at radius 1 is 1.67 bits per heavy atom. The van der Waals surface area contributed by atoms with Gasteiger partial charge in [-0.2, -0.15) is 11.8 Å². The van der Waals surface area contributed by atoms with Gasteiger partial charge in [-0.25, -0.2) is 0 Å². The van der Waals surface area contributed by atoms with E-state index in [9.17, 15) is 4.79 Å². The Morgan fingerprint density at radius 3 is 2.83 bits per heavy atom. The van der Waals surface area contributed by atoms with Crippen molar-refractivity contribution in [2.75, 3.05) is 18.6 Å². The SMILES string of the molecule is CCC(O)COC(=O)CCSC. The molecule has 1 unspecified atom stereocenters. The maximum Gasteiger partial charge on any atom is 0.306 e. The van der Waals surface area contributed by atoms with E-state index in [1.165, 1.54) is 0 Å². The van der Waals surface area contributed by atoms with Gasteiger partial charge in [0.1, 0.15) is 6.61 Å². The van der Waals surface area contributed by atoms with Crippen LogP contribution in [0, 0.1) is 0 Å². The van der Waals surface area contributed by atoms with E-state index < -0.39 is 6.10 Å². The lowest BCUT2D eigenvalue weighted by molar-refractivity contribution is -0.146. The molecule has 0 aromatic rings. The second kappa shape index (κ2) is 7.43. The zero-order chi connectivity index (χ0) is 9.40. The predicted octanol–water partition coefficient (Wildman–Crippen LogP) is 1.05. The van der Waals surface area contributed by atoms with Gasteiger partial charge in [0.15, 0.2) is 0 Å². The van der Waals surface area contributed by atoms with E-state index in [4.69, 9.17) is 9.84 Å². The zero-order valence-corrected chi connectivity index (χ0v) is 8.39. The number of hydrogen-bond acceptors (Lipinski definition) is 4. The quantitative estimate of drug-likeness (QED) is 0.639. The molecule has 0 spiro atoms. The summed E-state index contributed by atoms with van der Waals surface area (Å²) in [6, 6.07) is 0. The molecule has 0 rings (SSSR count). The molecule has 0 bridgehead atoms. The summed E-state index contributed by atoms with van der Waals surface area (Å²) in [4.78, 5) is 10.9. The molecule has 0 fully saturated rings. The highest BCUT2D eigenvalue weighted by molar-refractivity contribution is 7.98. The fourth-order valence-electron chi connectivity index (χ4n) is 0.565. The van der Waals surface area contributed by atoms with Crippen molar-refractivity contribution in [1.29, 1.82) is 0 Å². The van der Waals surface area contributed by atoms with Crippen LogP contribution in [-0.2, 0) is 9.53 Å². The molecule has 1 N–H and O–H groups in total. The van der Waals surface area contributed by atoms with E-state index in [2.05, 4.69) is 0 Å². The van der Waals surface area contributed by atoms with Crippen LogP contribution in [0.3, 0.4) is 0 Å². The van der Waals surface area contributed by atoms with Crippen molar-refractivity contribution in [3.05, 3.63) is 0 Å². The van der Waals surface area contributed by atoms with Crippen molar-refractivity contribution in [1.82, 2.24) is 0 Å². The first-order valence-electron chi connectivity index (χ1n) is 4.03. The van der Waals surface area contributed by atoms with Crippen molar-refractivity contribution in [2.45, 2.75) is 25.9 Å². The summed E-state index contributed by atoms with van der Waals surface area (Å²) < 4.78 is 4.79. The summed E-state index contributed by atoms with van der Waals surface area (Å²) in [6.07, 6.45) is 2.48. The number of thioether (sulfide) groups is 1. The molecule has 0 amide bonds. The molecular weight excluding hydrogens is 176 g/mol. The van der Waals surface area contributed by atoms with E-state index in [0.717, 1.165) is 5.75 Å². The summed E-state index contributed by atoms with van der Waals surface area (Å²) >= 11 is 1.61. The average Bonchev–Trinajstić information content (AvgIpc) is 2.10. The van der Waals surface area contributed by atoms with Crippen molar-refractivity contribution >= 4 is 17.7 Å². The monoisotopic (exact) mass is 192 g/mol. The molecule has 0 radical (unpaired) electrons. The third-order valence-electron chi connectivity index (χ3n) is 1.42. The minimum Gasteiger partial charge on any atom is -0.463 e. The van der Waals surface area contributed by atoms with Gasteiger partial charge in [0, 0.05) is 5.75 Å². The van der Waals surface area contributed by atoms with Crippen molar-refractivity contribution in [2.24, 2.45) is 0 Å². The van der Waals surface area contributed by atoms with Crippen LogP contribution in [0.1, 0.15) is 19.8 Å². The number of hydrogen-bond donors (Lipinski definition) is 1. The minimum atomic E-state index is -0.511. The number of carbonyl (C=O) groups is 1. The average molecular weight is 192 g/mol. The standard InChI is InChI=1S/C8H16O3S/c1-3-7(9)6-11-8(10)4-5-12-2/h7,9H,3-6H2,1-2H3. The minimum absolute atomic E-state index is 0.129. The van der Waals surface area contributed by atoms with E-state index in [1.807, 2.05) is 13.2 Å². The Hall–Kier alpha value is -0.220. The van der Waals surface area contributed by atoms with Gasteiger partial charge in [-0.15, -0.1) is 0 Å². The number of aliphatic hydroxyl groups is 1. The van der Waals surface area contributed by atoms with Crippen LogP contribution >= 0.6 is 11.8 Å². The number of rotatable bonds is 6. The molecule has 0 aliphatic heterocycles. The molecule has 0 saturated heterocycles. The molecule has 1 atom stereocenters. The summed E-state index contributed by atoms with van der Waals surface area (Å²) in [6.45, 7) is 1.98. The van der Waals surface area contributed by atoms with Crippen LogP contribution in [-0.4, -0.2) is 35.8 Å². The van der Waals surface area contributed by atoms with Gasteiger partial charge < -0.3 is 9.84 Å². The number of esters is 1. The van der Waals surface area contributed by atoms with Crippen LogP contribution in [0.2, 0.25) is 0 Å². The second-order valence-corrected chi connectivity index (χ2v) is 3.47. The molecule has 12 heavy (non-hydrogen) atoms. The lowest BCUT2D eigenvalue weighted by Gasteiger charge is -2.08. The van der Waals surface area contributed by atoms with Crippen LogP contribution in [0.15, 0.2) is 0 Å².